The first-order valence-electron chi connectivity index (χ1n) is 51.8. The van der Waals surface area contributed by atoms with Crippen LogP contribution in [-0.2, 0) is 6.42 Å². The van der Waals surface area contributed by atoms with Gasteiger partial charge in [0.25, 0.3) is 0 Å². The molecule has 0 amide bonds. The number of fused-ring (bicyclic) bond motifs is 7. The second-order valence-electron chi connectivity index (χ2n) is 40.5. The first-order valence-corrected chi connectivity index (χ1v) is 54.9. The van der Waals surface area contributed by atoms with Crippen molar-refractivity contribution in [1.29, 1.82) is 0 Å². The quantitative estimate of drug-likeness (QED) is 0.0520. The van der Waals surface area contributed by atoms with Crippen LogP contribution in [0.15, 0.2) is 385 Å². The van der Waals surface area contributed by atoms with E-state index in [2.05, 4.69) is 407 Å². The Morgan fingerprint density at radius 2 is 0.973 bits per heavy atom. The number of nitrogens with one attached hydrogen (secondary N) is 1. The molecule has 14 aromatic carbocycles. The van der Waals surface area contributed by atoms with Gasteiger partial charge in [-0.25, -0.2) is 14.3 Å². The van der Waals surface area contributed by atoms with Crippen molar-refractivity contribution >= 4 is 124 Å². The second kappa shape index (κ2) is 51.2. The number of nitrogens with zero attached hydrogens (tertiary/aromatic N) is 8. The summed E-state index contributed by atoms with van der Waals surface area (Å²) in [6.45, 7) is 41.4. The van der Waals surface area contributed by atoms with E-state index in [0.717, 1.165) is 106 Å². The molecule has 0 radical (unpaired) electrons. The maximum Gasteiger partial charge on any atom is 0.222 e. The number of pyridine rings is 1. The average molecular weight is 2150 g/mol. The van der Waals surface area contributed by atoms with Gasteiger partial charge in [-0.3, -0.25) is 4.79 Å². The Kier molecular flexibility index (Phi) is 37.7. The van der Waals surface area contributed by atoms with Gasteiger partial charge in [0.15, 0.2) is 5.78 Å². The van der Waals surface area contributed by atoms with Crippen molar-refractivity contribution in [3.05, 3.63) is 473 Å². The number of aromatic nitrogens is 7. The van der Waals surface area contributed by atoms with Gasteiger partial charge in [0.05, 0.1) is 44.8 Å². The summed E-state index contributed by atoms with van der Waals surface area (Å²) in [5.74, 6) is 5.48. The normalized spacial score (nSPS) is 12.0. The summed E-state index contributed by atoms with van der Waals surface area (Å²) in [5.41, 5.74) is 39.4. The van der Waals surface area contributed by atoms with E-state index in [1.54, 1.807) is 24.4 Å². The van der Waals surface area contributed by atoms with Crippen molar-refractivity contribution in [3.63, 3.8) is 0 Å². The van der Waals surface area contributed by atoms with Gasteiger partial charge < -0.3 is 29.8 Å². The molecule has 3 aliphatic heterocycles. The highest BCUT2D eigenvalue weighted by Gasteiger charge is 2.28. The first kappa shape index (κ1) is 110. The zero-order valence-corrected chi connectivity index (χ0v) is 94.7. The van der Waals surface area contributed by atoms with Crippen LogP contribution in [0.5, 0.6) is 11.6 Å². The van der Waals surface area contributed by atoms with E-state index in [0.29, 0.717) is 64.2 Å². The number of aryl methyl sites for hydroxylation is 1. The lowest BCUT2D eigenvalue weighted by molar-refractivity contribution is 0.103. The lowest BCUT2D eigenvalue weighted by Gasteiger charge is -2.30. The van der Waals surface area contributed by atoms with E-state index >= 15 is 0 Å². The molecule has 0 atom stereocenters. The zero-order chi connectivity index (χ0) is 107. The molecule has 150 heavy (non-hydrogen) atoms. The predicted molar refractivity (Wildman–Crippen MR) is 642 cm³/mol. The second-order valence-corrected chi connectivity index (χ2v) is 44.2. The maximum absolute atomic E-state index is 12.5. The summed E-state index contributed by atoms with van der Waals surface area (Å²) in [4.78, 5) is 27.4. The summed E-state index contributed by atoms with van der Waals surface area (Å²) in [6, 6.07) is 118. The third kappa shape index (κ3) is 27.2. The number of para-hydroxylation sites is 4. The Labute approximate surface area is 919 Å². The van der Waals surface area contributed by atoms with Crippen molar-refractivity contribution in [2.75, 3.05) is 35.7 Å². The van der Waals surface area contributed by atoms with Crippen LogP contribution in [-0.4, -0.2) is 60.0 Å². The topological polar surface area (TPSA) is 128 Å². The molecule has 0 saturated carbocycles. The highest BCUT2D eigenvalue weighted by atomic mass is 79.9. The molecule has 22 rings (SSSR count). The number of carbonyl (C=O) groups is 1. The Bertz CT molecular complexity index is 7800. The Morgan fingerprint density at radius 3 is 1.59 bits per heavy atom. The fraction of sp³-hybridized carbons (Fsp3) is 0.227. The van der Waals surface area contributed by atoms with Crippen LogP contribution in [0, 0.1) is 13.8 Å². The predicted octanol–water partition coefficient (Wildman–Crippen LogP) is 38.8. The molecule has 5 aromatic heterocycles. The molecular weight excluding hydrogens is 2010 g/mol. The third-order valence-electron chi connectivity index (χ3n) is 27.1. The van der Waals surface area contributed by atoms with Gasteiger partial charge in [0.1, 0.15) is 11.4 Å². The fourth-order valence-electron chi connectivity index (χ4n) is 18.7. The van der Waals surface area contributed by atoms with Gasteiger partial charge in [-0.05, 0) is 276 Å². The number of rotatable bonds is 17. The van der Waals surface area contributed by atoms with Gasteiger partial charge >= 0.3 is 0 Å². The van der Waals surface area contributed by atoms with Crippen LogP contribution in [0.2, 0.25) is 20.1 Å². The van der Waals surface area contributed by atoms with Crippen LogP contribution >= 0.6 is 74.1 Å². The van der Waals surface area contributed by atoms with Gasteiger partial charge in [-0.15, -0.1) is 0 Å². The molecule has 766 valence electrons. The summed E-state index contributed by atoms with van der Waals surface area (Å²) in [6.07, 6.45) is 9.15. The number of aromatic amines is 1. The van der Waals surface area contributed by atoms with Crippen LogP contribution in [0.1, 0.15) is 241 Å². The van der Waals surface area contributed by atoms with Gasteiger partial charge in [-0.2, -0.15) is 10.2 Å². The van der Waals surface area contributed by atoms with Crippen molar-refractivity contribution in [2.24, 2.45) is 0 Å². The van der Waals surface area contributed by atoms with E-state index in [9.17, 15) is 4.79 Å². The number of hydrogen-bond donors (Lipinski definition) is 2. The number of halogens is 5. The van der Waals surface area contributed by atoms with E-state index in [1.807, 2.05) is 132 Å². The number of anilines is 4. The maximum atomic E-state index is 12.5. The molecule has 3 aliphatic rings. The number of H-pyrrole nitrogens is 1. The molecule has 0 bridgehead atoms. The number of carbonyl (C=O) groups excluding carboxylic acids is 1. The molecule has 3 N–H and O–H groups in total. The minimum Gasteiger partial charge on any atom is -0.438 e. The Balaban J connectivity index is 0.000000129. The van der Waals surface area contributed by atoms with Gasteiger partial charge in [0.2, 0.25) is 5.88 Å². The van der Waals surface area contributed by atoms with Crippen molar-refractivity contribution in [3.8, 4) is 62.3 Å². The fourth-order valence-corrected chi connectivity index (χ4v) is 20.8. The van der Waals surface area contributed by atoms with Gasteiger partial charge in [-0.1, -0.05) is 373 Å². The first-order chi connectivity index (χ1) is 72.1. The molecular formula is C132H135BrCl4N10O2S. The molecule has 0 fully saturated rings. The van der Waals surface area contributed by atoms with Gasteiger partial charge in [0, 0.05) is 152 Å². The molecule has 8 heterocycles. The number of hydrogen-bond acceptors (Lipinski definition) is 9. The van der Waals surface area contributed by atoms with Crippen LogP contribution in [0.4, 0.5) is 22.7 Å². The molecule has 0 spiro atoms. The average Bonchev–Trinajstić information content (AvgIpc) is 0.893. The lowest BCUT2D eigenvalue weighted by atomic mass is 9.94. The summed E-state index contributed by atoms with van der Waals surface area (Å²) >= 11 is 29.5. The molecule has 0 saturated heterocycles. The minimum atomic E-state index is -0.0347. The lowest BCUT2D eigenvalue weighted by Crippen LogP contribution is -2.18. The van der Waals surface area contributed by atoms with Crippen LogP contribution in [0.25, 0.3) is 72.5 Å². The highest BCUT2D eigenvalue weighted by Crippen LogP contribution is 2.49. The SMILES string of the molecule is CC(C)c1c(-c2ccccc2)c(-c2ccccc2)nn1-c1ccccc1.CC(C)c1ccc(N2CC=CC2)c(Cl)c1.CC(C)c1ccc2c(c1)Cc1cccnc1O2.CC(C)c1ccc2c(c1)N(C)c1ccccc1S2.CC(C)c1ccc2c(c1)[nH]c1ccc(Cl)cc12.CC(C)c1cccc(C(=O)c2ccc(Br)cc2)c1N.CC(C)c1cn(-c2ccccc2)nc1-c1ccc(Cl)cc1.Cc1cc(C(C)C)c(C)n1-c1ccc(Cl)cc1. The molecule has 0 aliphatic carbocycles. The summed E-state index contributed by atoms with van der Waals surface area (Å²) in [5, 5.41) is 15.4. The third-order valence-corrected chi connectivity index (χ3v) is 29.8. The van der Waals surface area contributed by atoms with E-state index < -0.39 is 0 Å². The number of nitrogens with two attached hydrogens (primary N) is 1. The van der Waals surface area contributed by atoms with Crippen LogP contribution in [0.3, 0.4) is 0 Å². The standard InChI is InChI=1S/C24H22N2.C18H17ClN2.C16H16BrNO.C16H17NS.C15H14ClN.C15H18ClN.C15H15NO.C13H16ClN/c1-18(2)24-22(19-12-6-3-7-13-19)23(20-14-8-4-9-15-20)25-26(24)21-16-10-5-11-17-21;1-13(2)17-12-21(16-6-4-3-5-7-16)20-18(17)14-8-10-15(19)11-9-14;1-10(2)13-4-3-5-14(15(13)18)16(19)11-6-8-12(17)9-7-11;1-11(2)12-8-9-16-14(10-12)17(3)13-6-4-5-7-15(13)18-16;1-9(2)10-3-5-12-13-8-11(16)4-6-14(13)17-15(12)7-10;1-10(2)15-9-11(3)17(12(15)4)14-7-5-13(16)6-8-14;1-10(2)11-5-6-14-13(8-11)9-12-4-3-7-16-15(12)17-14;1-10(2)11-5-6-13(12(14)9-11)15-7-3-4-8-15/h3-18H,1-2H3;3-13H,1-2H3;3-10H,18H2,1-2H3;4-11H,1-3H3;3-9,17H,1-2H3;5-10H,1-4H3;3-8,10H,9H2,1-2H3;3-6,9-10H,7-8H2,1-2H3. The van der Waals surface area contributed by atoms with E-state index in [-0.39, 0.29) is 5.78 Å². The zero-order valence-electron chi connectivity index (χ0n) is 89.2. The smallest absolute Gasteiger partial charge is 0.222 e. The van der Waals surface area contributed by atoms with Crippen molar-refractivity contribution < 1.29 is 9.53 Å². The van der Waals surface area contributed by atoms with E-state index in [1.165, 1.54) is 116 Å². The number of ether oxygens (including phenoxy) is 1. The summed E-state index contributed by atoms with van der Waals surface area (Å²) < 4.78 is 13.1. The molecule has 12 nitrogen and oxygen atoms in total. The number of ketones is 1. The summed E-state index contributed by atoms with van der Waals surface area (Å²) in [7, 11) is 2.15. The minimum absolute atomic E-state index is 0.0347. The number of nitrogen functional groups attached to an aromatic ring is 1. The van der Waals surface area contributed by atoms with Crippen molar-refractivity contribution in [2.45, 2.75) is 188 Å². The van der Waals surface area contributed by atoms with Crippen molar-refractivity contribution in [1.82, 2.24) is 34.1 Å². The largest absolute Gasteiger partial charge is 0.438 e. The van der Waals surface area contributed by atoms with Crippen LogP contribution < -0.4 is 20.3 Å². The Morgan fingerprint density at radius 1 is 0.427 bits per heavy atom. The number of benzene rings is 14. The molecule has 18 heteroatoms. The Hall–Kier alpha value is -13.7. The molecule has 0 unspecified atom stereocenters. The highest BCUT2D eigenvalue weighted by molar-refractivity contribution is 9.10. The molecule has 19 aromatic rings. The van der Waals surface area contributed by atoms with E-state index in [4.69, 9.17) is 67.1 Å². The monoisotopic (exact) mass is 2140 g/mol.